The van der Waals surface area contributed by atoms with Gasteiger partial charge < -0.3 is 14.8 Å². The van der Waals surface area contributed by atoms with E-state index < -0.39 is 23.7 Å². The highest BCUT2D eigenvalue weighted by Crippen LogP contribution is 2.18. The molecule has 23 heavy (non-hydrogen) atoms. The Morgan fingerprint density at radius 2 is 1.70 bits per heavy atom. The summed E-state index contributed by atoms with van der Waals surface area (Å²) < 4.78 is 9.72. The lowest BCUT2D eigenvalue weighted by Crippen LogP contribution is -2.38. The highest BCUT2D eigenvalue weighted by Gasteiger charge is 2.25. The molecule has 0 aromatic heterocycles. The Morgan fingerprint density at radius 3 is 2.22 bits per heavy atom. The molecule has 0 aliphatic carbocycles. The molecule has 6 heteroatoms. The van der Waals surface area contributed by atoms with Crippen LogP contribution in [0.2, 0.25) is 0 Å². The number of hydrogen-bond acceptors (Lipinski definition) is 5. The number of esters is 1. The zero-order chi connectivity index (χ0) is 17.5. The minimum Gasteiger partial charge on any atom is -0.469 e. The van der Waals surface area contributed by atoms with Crippen molar-refractivity contribution in [1.29, 1.82) is 0 Å². The van der Waals surface area contributed by atoms with Crippen LogP contribution >= 0.6 is 0 Å². The van der Waals surface area contributed by atoms with Crippen LogP contribution in [0.15, 0.2) is 30.3 Å². The van der Waals surface area contributed by atoms with Crippen molar-refractivity contribution < 1.29 is 23.9 Å². The Balaban J connectivity index is 2.84. The minimum absolute atomic E-state index is 0.0258. The molecule has 0 aliphatic rings. The van der Waals surface area contributed by atoms with Crippen molar-refractivity contribution in [3.8, 4) is 0 Å². The van der Waals surface area contributed by atoms with Gasteiger partial charge in [-0.05, 0) is 26.3 Å². The lowest BCUT2D eigenvalue weighted by atomic mass is 10.00. The van der Waals surface area contributed by atoms with Crippen LogP contribution < -0.4 is 5.32 Å². The molecule has 0 saturated heterocycles. The second-order valence-electron chi connectivity index (χ2n) is 6.03. The maximum Gasteiger partial charge on any atom is 0.408 e. The predicted molar refractivity (Wildman–Crippen MR) is 84.8 cm³/mol. The van der Waals surface area contributed by atoms with Gasteiger partial charge in [0.25, 0.3) is 0 Å². The maximum absolute atomic E-state index is 12.4. The van der Waals surface area contributed by atoms with Gasteiger partial charge >= 0.3 is 12.1 Å². The zero-order valence-electron chi connectivity index (χ0n) is 13.9. The zero-order valence-corrected chi connectivity index (χ0v) is 13.9. The van der Waals surface area contributed by atoms with E-state index in [2.05, 4.69) is 10.1 Å². The molecule has 0 radical (unpaired) electrons. The number of amides is 1. The third-order valence-electron chi connectivity index (χ3n) is 2.92. The first kappa shape index (κ1) is 18.7. The molecule has 1 N–H and O–H groups in total. The van der Waals surface area contributed by atoms with E-state index in [4.69, 9.17) is 4.74 Å². The Morgan fingerprint density at radius 1 is 1.09 bits per heavy atom. The van der Waals surface area contributed by atoms with E-state index in [0.717, 1.165) is 0 Å². The van der Waals surface area contributed by atoms with Gasteiger partial charge in [-0.25, -0.2) is 4.79 Å². The van der Waals surface area contributed by atoms with Crippen molar-refractivity contribution in [2.75, 3.05) is 7.11 Å². The monoisotopic (exact) mass is 321 g/mol. The normalized spacial score (nSPS) is 12.2. The molecule has 0 aliphatic heterocycles. The molecular formula is C17H23NO5. The highest BCUT2D eigenvalue weighted by atomic mass is 16.6. The average molecular weight is 321 g/mol. The molecule has 0 saturated carbocycles. The standard InChI is InChI=1S/C17H23NO5/c1-17(2,3)23-16(21)18-15(12-8-6-5-7-9-12)13(19)10-11-14(20)22-4/h5-9,15H,10-11H2,1-4H3,(H,18,21)/t15-/m1/s1. The number of benzene rings is 1. The van der Waals surface area contributed by atoms with Gasteiger partial charge in [-0.1, -0.05) is 30.3 Å². The Kier molecular flexibility index (Phi) is 6.75. The topological polar surface area (TPSA) is 81.7 Å². The molecule has 126 valence electrons. The molecular weight excluding hydrogens is 298 g/mol. The second-order valence-corrected chi connectivity index (χ2v) is 6.03. The molecule has 0 spiro atoms. The van der Waals surface area contributed by atoms with Crippen molar-refractivity contribution in [2.45, 2.75) is 45.3 Å². The molecule has 0 unspecified atom stereocenters. The van der Waals surface area contributed by atoms with Crippen LogP contribution in [0.5, 0.6) is 0 Å². The van der Waals surface area contributed by atoms with Gasteiger partial charge in [0.1, 0.15) is 11.6 Å². The van der Waals surface area contributed by atoms with E-state index in [1.54, 1.807) is 45.0 Å². The van der Waals surface area contributed by atoms with Crippen molar-refractivity contribution in [3.05, 3.63) is 35.9 Å². The van der Waals surface area contributed by atoms with Gasteiger partial charge in [-0.15, -0.1) is 0 Å². The molecule has 6 nitrogen and oxygen atoms in total. The molecule has 1 aromatic carbocycles. The summed E-state index contributed by atoms with van der Waals surface area (Å²) in [5.74, 6) is -0.755. The van der Waals surface area contributed by atoms with Crippen LogP contribution in [-0.4, -0.2) is 30.6 Å². The van der Waals surface area contributed by atoms with E-state index in [-0.39, 0.29) is 18.6 Å². The van der Waals surface area contributed by atoms with Gasteiger partial charge in [0.2, 0.25) is 0 Å². The first-order valence-corrected chi connectivity index (χ1v) is 7.37. The fourth-order valence-corrected chi connectivity index (χ4v) is 1.89. The van der Waals surface area contributed by atoms with E-state index in [0.29, 0.717) is 5.56 Å². The summed E-state index contributed by atoms with van der Waals surface area (Å²) in [5.41, 5.74) is -0.0337. The first-order valence-electron chi connectivity index (χ1n) is 7.37. The number of alkyl carbamates (subject to hydrolysis) is 1. The number of hydrogen-bond donors (Lipinski definition) is 1. The summed E-state index contributed by atoms with van der Waals surface area (Å²) in [5, 5.41) is 2.57. The molecule has 1 atom stereocenters. The maximum atomic E-state index is 12.4. The number of carbonyl (C=O) groups is 3. The Labute approximate surface area is 136 Å². The quantitative estimate of drug-likeness (QED) is 0.815. The summed E-state index contributed by atoms with van der Waals surface area (Å²) in [6.45, 7) is 5.22. The summed E-state index contributed by atoms with van der Waals surface area (Å²) in [4.78, 5) is 35.5. The lowest BCUT2D eigenvalue weighted by Gasteiger charge is -2.23. The number of carbonyl (C=O) groups excluding carboxylic acids is 3. The largest absolute Gasteiger partial charge is 0.469 e. The SMILES string of the molecule is COC(=O)CCC(=O)[C@H](NC(=O)OC(C)(C)C)c1ccccc1. The predicted octanol–water partition coefficient (Wildman–Crippen LogP) is 2.77. The Hall–Kier alpha value is -2.37. The van der Waals surface area contributed by atoms with E-state index in [1.165, 1.54) is 7.11 Å². The van der Waals surface area contributed by atoms with Gasteiger partial charge in [-0.3, -0.25) is 9.59 Å². The smallest absolute Gasteiger partial charge is 0.408 e. The van der Waals surface area contributed by atoms with Crippen LogP contribution in [0, 0.1) is 0 Å². The fourth-order valence-electron chi connectivity index (χ4n) is 1.89. The van der Waals surface area contributed by atoms with Gasteiger partial charge in [0, 0.05) is 6.42 Å². The van der Waals surface area contributed by atoms with Crippen molar-refractivity contribution in [2.24, 2.45) is 0 Å². The highest BCUT2D eigenvalue weighted by molar-refractivity contribution is 5.90. The van der Waals surface area contributed by atoms with Crippen molar-refractivity contribution in [1.82, 2.24) is 5.32 Å². The van der Waals surface area contributed by atoms with Crippen LogP contribution in [0.25, 0.3) is 0 Å². The van der Waals surface area contributed by atoms with E-state index in [9.17, 15) is 14.4 Å². The lowest BCUT2D eigenvalue weighted by molar-refractivity contribution is -0.142. The first-order chi connectivity index (χ1) is 10.7. The number of nitrogens with one attached hydrogen (secondary N) is 1. The van der Waals surface area contributed by atoms with Crippen molar-refractivity contribution in [3.63, 3.8) is 0 Å². The molecule has 1 amide bonds. The molecule has 1 aromatic rings. The summed E-state index contributed by atoms with van der Waals surface area (Å²) >= 11 is 0. The number of Topliss-reactive ketones (excluding diaryl/α,β-unsaturated/α-hetero) is 1. The molecule has 1 rings (SSSR count). The van der Waals surface area contributed by atoms with Crippen molar-refractivity contribution >= 4 is 17.8 Å². The van der Waals surface area contributed by atoms with E-state index in [1.807, 2.05) is 6.07 Å². The molecule has 0 bridgehead atoms. The van der Waals surface area contributed by atoms with Crippen LogP contribution in [0.3, 0.4) is 0 Å². The van der Waals surface area contributed by atoms with Crippen LogP contribution in [-0.2, 0) is 19.1 Å². The third-order valence-corrected chi connectivity index (χ3v) is 2.92. The summed E-state index contributed by atoms with van der Waals surface area (Å²) in [6.07, 6.45) is -0.741. The van der Waals surface area contributed by atoms with Gasteiger partial charge in [0.05, 0.1) is 13.5 Å². The second kappa shape index (κ2) is 8.31. The Bertz CT molecular complexity index is 548. The third kappa shape index (κ3) is 6.95. The number of ketones is 1. The van der Waals surface area contributed by atoms with Crippen LogP contribution in [0.1, 0.15) is 45.2 Å². The summed E-state index contributed by atoms with van der Waals surface area (Å²) in [7, 11) is 1.26. The van der Waals surface area contributed by atoms with E-state index >= 15 is 0 Å². The number of methoxy groups -OCH3 is 1. The summed E-state index contributed by atoms with van der Waals surface area (Å²) in [6, 6.07) is 7.96. The van der Waals surface area contributed by atoms with Gasteiger partial charge in [0.15, 0.2) is 5.78 Å². The number of rotatable bonds is 6. The van der Waals surface area contributed by atoms with Gasteiger partial charge in [-0.2, -0.15) is 0 Å². The minimum atomic E-state index is -0.865. The van der Waals surface area contributed by atoms with Crippen LogP contribution in [0.4, 0.5) is 4.79 Å². The number of ether oxygens (including phenoxy) is 2. The average Bonchev–Trinajstić information content (AvgIpc) is 2.49. The molecule has 0 heterocycles. The molecule has 0 fully saturated rings. The fraction of sp³-hybridized carbons (Fsp3) is 0.471.